The van der Waals surface area contributed by atoms with Crippen LogP contribution in [0.3, 0.4) is 0 Å². The Balaban J connectivity index is 3.60. The Bertz CT molecular complexity index is 1310. The number of rotatable bonds is 53. The molecule has 0 aliphatic heterocycles. The molecule has 0 spiro atoms. The normalized spacial score (nSPS) is 13.6. The van der Waals surface area contributed by atoms with E-state index in [-0.39, 0.29) is 12.5 Å². The van der Waals surface area contributed by atoms with Gasteiger partial charge < -0.3 is 15.5 Å². The third kappa shape index (κ3) is 55.8. The Hall–Kier alpha value is -2.95. The Kier molecular flexibility index (Phi) is 56.8. The van der Waals surface area contributed by atoms with Crippen LogP contribution in [0.5, 0.6) is 0 Å². The number of carbonyl (C=O) groups excluding carboxylic acids is 1. The maximum Gasteiger partial charge on any atom is 0.220 e. The van der Waals surface area contributed by atoms with Gasteiger partial charge in [-0.1, -0.05) is 284 Å². The van der Waals surface area contributed by atoms with Crippen molar-refractivity contribution in [1.82, 2.24) is 5.32 Å². The van der Waals surface area contributed by atoms with Crippen LogP contribution < -0.4 is 5.32 Å². The minimum absolute atomic E-state index is 0.0825. The topological polar surface area (TPSA) is 69.6 Å². The van der Waals surface area contributed by atoms with Crippen LogP contribution in [0, 0.1) is 0 Å². The van der Waals surface area contributed by atoms with Crippen molar-refractivity contribution in [2.45, 2.75) is 289 Å². The molecule has 0 bridgehead atoms. The molecule has 2 unspecified atom stereocenters. The predicted molar refractivity (Wildman–Crippen MR) is 308 cm³/mol. The summed E-state index contributed by atoms with van der Waals surface area (Å²) in [6.07, 6.45) is 89.7. The molecule has 0 saturated heterocycles. The SMILES string of the molecule is CC/C=C\C/C=C\C/C=C\C/C=C\C/C=C\C/C=C\CCCCCCCCCCCCCCC(=O)NC(CO)C(O)/C=C/CC/C=C/CC/C=C/CCCCCCCCCCCCCCCCCC. The molecule has 0 aliphatic carbocycles. The van der Waals surface area contributed by atoms with Crippen molar-refractivity contribution in [3.8, 4) is 0 Å². The van der Waals surface area contributed by atoms with E-state index in [1.165, 1.54) is 180 Å². The molecule has 0 aromatic heterocycles. The second-order valence-electron chi connectivity index (χ2n) is 19.7. The van der Waals surface area contributed by atoms with Crippen LogP contribution in [-0.4, -0.2) is 34.9 Å². The zero-order chi connectivity index (χ0) is 49.9. The highest BCUT2D eigenvalue weighted by Crippen LogP contribution is 2.16. The standard InChI is InChI=1S/C65H113NO3/c1-3-5-7-9-11-13-15-17-19-21-23-25-27-29-31-32-33-34-35-37-39-41-43-45-47-49-51-53-55-57-59-61-65(69)66-63(62-67)64(68)60-58-56-54-52-50-48-46-44-42-40-38-36-30-28-26-24-22-20-18-16-14-12-10-8-6-4-2/h5,7,11,13,17,19,23,25,29,31,33-34,42,44,50,52,58,60,63-64,67-68H,3-4,6,8-10,12,14-16,18,20-22,24,26-28,30,32,35-41,43,45-49,51,53-57,59,61-62H2,1-2H3,(H,66,69)/b7-5-,13-11-,19-17-,25-23-,31-29-,34-33-,44-42+,52-50+,60-58+. The summed E-state index contributed by atoms with van der Waals surface area (Å²) in [6, 6.07) is -0.655. The van der Waals surface area contributed by atoms with Gasteiger partial charge in [-0.05, 0) is 96.3 Å². The molecule has 0 fully saturated rings. The van der Waals surface area contributed by atoms with E-state index in [1.54, 1.807) is 6.08 Å². The molecule has 69 heavy (non-hydrogen) atoms. The van der Waals surface area contributed by atoms with E-state index in [2.05, 4.69) is 116 Å². The Morgan fingerprint density at radius 2 is 0.652 bits per heavy atom. The van der Waals surface area contributed by atoms with Gasteiger partial charge in [0.15, 0.2) is 0 Å². The summed E-state index contributed by atoms with van der Waals surface area (Å²) in [5.41, 5.74) is 0. The number of carbonyl (C=O) groups is 1. The maximum atomic E-state index is 12.5. The highest BCUT2D eigenvalue weighted by Gasteiger charge is 2.18. The molecule has 3 N–H and O–H groups in total. The fourth-order valence-corrected chi connectivity index (χ4v) is 8.51. The van der Waals surface area contributed by atoms with Crippen molar-refractivity contribution < 1.29 is 15.0 Å². The molecule has 396 valence electrons. The molecule has 1 amide bonds. The molecule has 0 heterocycles. The third-order valence-corrected chi connectivity index (χ3v) is 13.0. The lowest BCUT2D eigenvalue weighted by atomic mass is 10.0. The lowest BCUT2D eigenvalue weighted by Crippen LogP contribution is -2.45. The molecular formula is C65H113NO3. The van der Waals surface area contributed by atoms with Crippen molar-refractivity contribution in [2.75, 3.05) is 6.61 Å². The number of hydrogen-bond donors (Lipinski definition) is 3. The van der Waals surface area contributed by atoms with Crippen LogP contribution in [-0.2, 0) is 4.79 Å². The summed E-state index contributed by atoms with van der Waals surface area (Å²) < 4.78 is 0. The summed E-state index contributed by atoms with van der Waals surface area (Å²) in [6.45, 7) is 4.19. The van der Waals surface area contributed by atoms with Gasteiger partial charge in [0.2, 0.25) is 5.91 Å². The first-order valence-corrected chi connectivity index (χ1v) is 29.6. The number of hydrogen-bond acceptors (Lipinski definition) is 3. The lowest BCUT2D eigenvalue weighted by molar-refractivity contribution is -0.123. The number of aliphatic hydroxyl groups is 2. The van der Waals surface area contributed by atoms with Crippen molar-refractivity contribution in [3.05, 3.63) is 109 Å². The Labute approximate surface area is 429 Å². The van der Waals surface area contributed by atoms with Gasteiger partial charge in [0.05, 0.1) is 18.8 Å². The van der Waals surface area contributed by atoms with E-state index < -0.39 is 12.1 Å². The van der Waals surface area contributed by atoms with E-state index in [0.29, 0.717) is 6.42 Å². The van der Waals surface area contributed by atoms with Crippen LogP contribution in [0.1, 0.15) is 277 Å². The highest BCUT2D eigenvalue weighted by molar-refractivity contribution is 5.76. The van der Waals surface area contributed by atoms with Crippen LogP contribution >= 0.6 is 0 Å². The number of unbranched alkanes of at least 4 members (excludes halogenated alkanes) is 30. The highest BCUT2D eigenvalue weighted by atomic mass is 16.3. The van der Waals surface area contributed by atoms with Crippen molar-refractivity contribution >= 4 is 5.91 Å². The largest absolute Gasteiger partial charge is 0.394 e. The van der Waals surface area contributed by atoms with Gasteiger partial charge in [-0.3, -0.25) is 4.79 Å². The minimum Gasteiger partial charge on any atom is -0.394 e. The average molecular weight is 957 g/mol. The summed E-state index contributed by atoms with van der Waals surface area (Å²) in [7, 11) is 0. The Morgan fingerprint density at radius 1 is 0.362 bits per heavy atom. The maximum absolute atomic E-state index is 12.5. The predicted octanol–water partition coefficient (Wildman–Crippen LogP) is 19.9. The van der Waals surface area contributed by atoms with Gasteiger partial charge in [-0.25, -0.2) is 0 Å². The molecule has 2 atom stereocenters. The molecule has 0 radical (unpaired) electrons. The monoisotopic (exact) mass is 956 g/mol. The van der Waals surface area contributed by atoms with Gasteiger partial charge in [0.25, 0.3) is 0 Å². The molecule has 0 aliphatic rings. The van der Waals surface area contributed by atoms with Crippen LogP contribution in [0.4, 0.5) is 0 Å². The lowest BCUT2D eigenvalue weighted by Gasteiger charge is -2.19. The van der Waals surface area contributed by atoms with E-state index >= 15 is 0 Å². The second kappa shape index (κ2) is 59.4. The summed E-state index contributed by atoms with van der Waals surface area (Å²) in [4.78, 5) is 12.5. The zero-order valence-corrected chi connectivity index (χ0v) is 45.5. The quantitative estimate of drug-likeness (QED) is 0.0420. The van der Waals surface area contributed by atoms with Gasteiger partial charge >= 0.3 is 0 Å². The van der Waals surface area contributed by atoms with E-state index in [0.717, 1.165) is 77.0 Å². The van der Waals surface area contributed by atoms with Crippen molar-refractivity contribution in [3.63, 3.8) is 0 Å². The number of nitrogens with one attached hydrogen (secondary N) is 1. The first-order valence-electron chi connectivity index (χ1n) is 29.6. The van der Waals surface area contributed by atoms with Crippen molar-refractivity contribution in [2.24, 2.45) is 0 Å². The van der Waals surface area contributed by atoms with E-state index in [9.17, 15) is 15.0 Å². The van der Waals surface area contributed by atoms with Gasteiger partial charge in [-0.15, -0.1) is 0 Å². The van der Waals surface area contributed by atoms with E-state index in [1.807, 2.05) is 6.08 Å². The summed E-state index contributed by atoms with van der Waals surface area (Å²) in [5, 5.41) is 23.2. The van der Waals surface area contributed by atoms with Crippen LogP contribution in [0.25, 0.3) is 0 Å². The zero-order valence-electron chi connectivity index (χ0n) is 45.5. The fourth-order valence-electron chi connectivity index (χ4n) is 8.51. The molecule has 0 rings (SSSR count). The number of allylic oxidation sites excluding steroid dienone is 17. The minimum atomic E-state index is -0.879. The average Bonchev–Trinajstić information content (AvgIpc) is 3.35. The smallest absolute Gasteiger partial charge is 0.220 e. The fraction of sp³-hybridized carbons (Fsp3) is 0.708. The van der Waals surface area contributed by atoms with Gasteiger partial charge in [0.1, 0.15) is 0 Å². The first kappa shape index (κ1) is 66.0. The number of amides is 1. The molecule has 0 aromatic carbocycles. The van der Waals surface area contributed by atoms with Crippen LogP contribution in [0.2, 0.25) is 0 Å². The Morgan fingerprint density at radius 3 is 1.01 bits per heavy atom. The van der Waals surface area contributed by atoms with Crippen molar-refractivity contribution in [1.29, 1.82) is 0 Å². The molecular weight excluding hydrogens is 843 g/mol. The first-order chi connectivity index (χ1) is 34.2. The van der Waals surface area contributed by atoms with Gasteiger partial charge in [-0.2, -0.15) is 0 Å². The summed E-state index contributed by atoms with van der Waals surface area (Å²) >= 11 is 0. The number of aliphatic hydroxyl groups excluding tert-OH is 2. The molecule has 4 nitrogen and oxygen atoms in total. The summed E-state index contributed by atoms with van der Waals surface area (Å²) in [5.74, 6) is -0.0825. The van der Waals surface area contributed by atoms with Gasteiger partial charge in [0, 0.05) is 6.42 Å². The second-order valence-corrected chi connectivity index (χ2v) is 19.7. The van der Waals surface area contributed by atoms with E-state index in [4.69, 9.17) is 0 Å². The molecule has 0 aromatic rings. The third-order valence-electron chi connectivity index (χ3n) is 13.0. The molecule has 4 heteroatoms. The molecule has 0 saturated carbocycles. The van der Waals surface area contributed by atoms with Crippen LogP contribution in [0.15, 0.2) is 109 Å².